The van der Waals surface area contributed by atoms with Gasteiger partial charge in [0.2, 0.25) is 0 Å². The predicted octanol–water partition coefficient (Wildman–Crippen LogP) is 0.0464. The van der Waals surface area contributed by atoms with E-state index in [0.29, 0.717) is 0 Å². The minimum absolute atomic E-state index is 0. The molecule has 0 aliphatic heterocycles. The predicted molar refractivity (Wildman–Crippen MR) is 107 cm³/mol. The Labute approximate surface area is 265 Å². The molecule has 0 nitrogen and oxygen atoms in total. The Kier molecular flexibility index (Phi) is 8.59. The van der Waals surface area contributed by atoms with Crippen LogP contribution < -0.4 is 116 Å². The van der Waals surface area contributed by atoms with Crippen molar-refractivity contribution < 1.29 is 116 Å². The Hall–Kier alpha value is 0.230. The molecular weight excluding hydrogens is 483 g/mol. The number of benzene rings is 4. The van der Waals surface area contributed by atoms with Crippen LogP contribution in [0.3, 0.4) is 0 Å². The Morgan fingerprint density at radius 1 is 0.321 bits per heavy atom. The monoisotopic (exact) mass is 500 g/mol. The van der Waals surface area contributed by atoms with Crippen LogP contribution in [0.4, 0.5) is 0 Å². The second-order valence-electron chi connectivity index (χ2n) is 6.57. The zero-order valence-electron chi connectivity index (χ0n) is 16.4. The van der Waals surface area contributed by atoms with Gasteiger partial charge in [0, 0.05) is 0 Å². The van der Waals surface area contributed by atoms with Crippen molar-refractivity contribution in [2.24, 2.45) is 0 Å². The Morgan fingerprint density at radius 2 is 0.571 bits per heavy atom. The first kappa shape index (κ1) is 22.9. The minimum atomic E-state index is 0. The first-order valence-electron chi connectivity index (χ1n) is 8.98. The van der Waals surface area contributed by atoms with Crippen molar-refractivity contribution in [3.05, 3.63) is 154 Å². The van der Waals surface area contributed by atoms with Gasteiger partial charge in [0.25, 0.3) is 0 Å². The second-order valence-corrected chi connectivity index (χ2v) is 6.57. The van der Waals surface area contributed by atoms with Crippen molar-refractivity contribution in [2.45, 2.75) is 0 Å². The maximum absolute atomic E-state index is 2.25. The summed E-state index contributed by atoms with van der Waals surface area (Å²) >= 11 is 0. The molecule has 0 unspecified atom stereocenters. The van der Waals surface area contributed by atoms with E-state index >= 15 is 0 Å². The van der Waals surface area contributed by atoms with E-state index in [1.165, 1.54) is 45.2 Å². The number of fused-ring (bicyclic) bond motifs is 2. The van der Waals surface area contributed by atoms with Crippen molar-refractivity contribution >= 4 is 0 Å². The molecule has 0 aromatic heterocycles. The molecule has 2 heteroatoms. The fourth-order valence-corrected chi connectivity index (χ4v) is 3.96. The van der Waals surface area contributed by atoms with Gasteiger partial charge in [-0.2, -0.15) is 0 Å². The van der Waals surface area contributed by atoms with Gasteiger partial charge in [-0.1, -0.05) is 71.8 Å². The van der Waals surface area contributed by atoms with E-state index < -0.39 is 0 Å². The maximum atomic E-state index is 2.25. The van der Waals surface area contributed by atoms with Crippen LogP contribution in [0.25, 0.3) is 0 Å². The summed E-state index contributed by atoms with van der Waals surface area (Å²) in [6, 6.07) is 39.0. The molecule has 28 heavy (non-hydrogen) atoms. The van der Waals surface area contributed by atoms with E-state index in [0.717, 1.165) is 0 Å². The first-order valence-corrected chi connectivity index (χ1v) is 8.98. The molecule has 1 aliphatic carbocycles. The summed E-state index contributed by atoms with van der Waals surface area (Å²) in [4.78, 5) is 0. The smallest absolute Gasteiger partial charge is 0.133 e. The molecule has 0 spiro atoms. The zero-order chi connectivity index (χ0) is 17.3. The number of hydrogen-bond donors (Lipinski definition) is 0. The van der Waals surface area contributed by atoms with E-state index in [4.69, 9.17) is 0 Å². The van der Waals surface area contributed by atoms with Crippen LogP contribution in [0.2, 0.25) is 0 Å². The van der Waals surface area contributed by atoms with E-state index in [1.807, 2.05) is 0 Å². The Bertz CT molecular complexity index is 909. The SMILES string of the molecule is [Rb+].[Rb+].c1ccc([C-]2c3ccccc3[C-](c3ccccc3)c3ccccc32)cc1. The molecule has 0 atom stereocenters. The molecule has 0 fully saturated rings. The summed E-state index contributed by atoms with van der Waals surface area (Å²) in [5.41, 5.74) is 7.74. The van der Waals surface area contributed by atoms with Crippen LogP contribution in [0, 0.1) is 11.8 Å². The molecule has 4 aromatic rings. The average molecular weight is 501 g/mol. The second kappa shape index (κ2) is 10.5. The van der Waals surface area contributed by atoms with Crippen LogP contribution >= 0.6 is 0 Å². The van der Waals surface area contributed by atoms with Gasteiger partial charge in [0.15, 0.2) is 0 Å². The van der Waals surface area contributed by atoms with Crippen LogP contribution in [0.5, 0.6) is 0 Å². The standard InChI is InChI=1S/C26H18.2Rb/c1-3-11-19(12-4-1)25-21-15-7-9-17-23(21)26(20-13-5-2-6-14-20)24-18-10-8-16-22(24)25;;/h1-18H;;/q-2;2*+1. The van der Waals surface area contributed by atoms with Crippen molar-refractivity contribution in [1.29, 1.82) is 0 Å². The molecule has 124 valence electrons. The summed E-state index contributed by atoms with van der Waals surface area (Å²) in [5, 5.41) is 0. The summed E-state index contributed by atoms with van der Waals surface area (Å²) in [7, 11) is 0. The Morgan fingerprint density at radius 3 is 0.857 bits per heavy atom. The summed E-state index contributed by atoms with van der Waals surface area (Å²) in [6.45, 7) is 0. The van der Waals surface area contributed by atoms with Gasteiger partial charge in [-0.15, -0.1) is 82.6 Å². The normalized spacial score (nSPS) is 11.6. The van der Waals surface area contributed by atoms with Gasteiger partial charge in [-0.25, -0.2) is 0 Å². The van der Waals surface area contributed by atoms with Crippen LogP contribution in [0.1, 0.15) is 33.4 Å². The van der Waals surface area contributed by atoms with Crippen LogP contribution in [-0.2, 0) is 0 Å². The zero-order valence-corrected chi connectivity index (χ0v) is 26.2. The van der Waals surface area contributed by atoms with Crippen molar-refractivity contribution in [3.8, 4) is 0 Å². The maximum Gasteiger partial charge on any atom is 1.00 e. The summed E-state index contributed by atoms with van der Waals surface area (Å²) in [6.07, 6.45) is 0. The number of rotatable bonds is 2. The Balaban J connectivity index is 0.00000112. The molecule has 0 radical (unpaired) electrons. The molecule has 4 aromatic carbocycles. The van der Waals surface area contributed by atoms with Crippen molar-refractivity contribution in [3.63, 3.8) is 0 Å². The molecule has 0 heterocycles. The molecule has 0 amide bonds. The molecule has 1 aliphatic rings. The summed E-state index contributed by atoms with van der Waals surface area (Å²) in [5.74, 6) is 2.63. The molecule has 5 rings (SSSR count). The topological polar surface area (TPSA) is 0 Å². The van der Waals surface area contributed by atoms with Crippen molar-refractivity contribution in [1.82, 2.24) is 0 Å². The average Bonchev–Trinajstić information content (AvgIpc) is 2.73. The van der Waals surface area contributed by atoms with Gasteiger partial charge in [0.1, 0.15) is 0 Å². The van der Waals surface area contributed by atoms with Gasteiger partial charge >= 0.3 is 116 Å². The third kappa shape index (κ3) is 4.31. The molecule has 0 saturated heterocycles. The van der Waals surface area contributed by atoms with Gasteiger partial charge < -0.3 is 0 Å². The van der Waals surface area contributed by atoms with Crippen LogP contribution in [-0.4, -0.2) is 0 Å². The fraction of sp³-hybridized carbons (Fsp3) is 0. The molecule has 0 saturated carbocycles. The quantitative estimate of drug-likeness (QED) is 0.300. The van der Waals surface area contributed by atoms with E-state index in [9.17, 15) is 0 Å². The van der Waals surface area contributed by atoms with Gasteiger partial charge in [0.05, 0.1) is 0 Å². The third-order valence-electron chi connectivity index (χ3n) is 5.06. The number of hydrogen-bond acceptors (Lipinski definition) is 0. The molecule has 0 bridgehead atoms. The van der Waals surface area contributed by atoms with Gasteiger partial charge in [-0.3, -0.25) is 0 Å². The van der Waals surface area contributed by atoms with E-state index in [-0.39, 0.29) is 116 Å². The molecule has 0 N–H and O–H groups in total. The van der Waals surface area contributed by atoms with Gasteiger partial charge in [-0.05, 0) is 0 Å². The van der Waals surface area contributed by atoms with E-state index in [1.54, 1.807) is 0 Å². The fourth-order valence-electron chi connectivity index (χ4n) is 3.96. The molecular formula is C26H18Rb2. The minimum Gasteiger partial charge on any atom is -0.133 e. The van der Waals surface area contributed by atoms with Crippen LogP contribution in [0.15, 0.2) is 109 Å². The van der Waals surface area contributed by atoms with E-state index in [2.05, 4.69) is 109 Å². The first-order chi connectivity index (χ1) is 12.9. The summed E-state index contributed by atoms with van der Waals surface area (Å²) < 4.78 is 0. The van der Waals surface area contributed by atoms with Crippen molar-refractivity contribution in [2.75, 3.05) is 0 Å². The third-order valence-corrected chi connectivity index (χ3v) is 5.06. The largest absolute Gasteiger partial charge is 1.00 e.